The van der Waals surface area contributed by atoms with Crippen molar-refractivity contribution in [3.63, 3.8) is 0 Å². The van der Waals surface area contributed by atoms with E-state index in [1.54, 1.807) is 6.92 Å². The molecule has 0 aromatic carbocycles. The van der Waals surface area contributed by atoms with Gasteiger partial charge in [0.1, 0.15) is 5.82 Å². The first-order chi connectivity index (χ1) is 8.05. The van der Waals surface area contributed by atoms with Crippen molar-refractivity contribution < 1.29 is 9.90 Å². The highest BCUT2D eigenvalue weighted by molar-refractivity contribution is 7.09. The van der Waals surface area contributed by atoms with E-state index in [2.05, 4.69) is 14.7 Å². The summed E-state index contributed by atoms with van der Waals surface area (Å²) in [6.07, 6.45) is 2.94. The van der Waals surface area contributed by atoms with Crippen molar-refractivity contribution in [2.45, 2.75) is 39.0 Å². The largest absolute Gasteiger partial charge is 0.481 e. The van der Waals surface area contributed by atoms with E-state index in [9.17, 15) is 4.79 Å². The molecule has 0 spiro atoms. The summed E-state index contributed by atoms with van der Waals surface area (Å²) in [5.74, 6) is 0.671. The molecule has 1 fully saturated rings. The van der Waals surface area contributed by atoms with Crippen LogP contribution in [0.4, 0.5) is 5.13 Å². The number of nitrogens with zero attached hydrogens (tertiary/aromatic N) is 2. The van der Waals surface area contributed by atoms with Crippen molar-refractivity contribution >= 4 is 22.6 Å². The van der Waals surface area contributed by atoms with Crippen LogP contribution in [0.15, 0.2) is 0 Å². The third kappa shape index (κ3) is 2.74. The highest BCUT2D eigenvalue weighted by Gasteiger charge is 2.32. The number of rotatable bonds is 6. The lowest BCUT2D eigenvalue weighted by Crippen LogP contribution is -2.34. The molecule has 17 heavy (non-hydrogen) atoms. The van der Waals surface area contributed by atoms with Crippen LogP contribution in [0.2, 0.25) is 0 Å². The molecule has 1 aromatic heterocycles. The van der Waals surface area contributed by atoms with Gasteiger partial charge in [-0.05, 0) is 26.2 Å². The smallest absolute Gasteiger partial charge is 0.311 e. The fraction of sp³-hybridized carbons (Fsp3) is 0.727. The summed E-state index contributed by atoms with van der Waals surface area (Å²) in [6, 6.07) is 0. The van der Waals surface area contributed by atoms with Gasteiger partial charge in [0.25, 0.3) is 0 Å². The normalized spacial score (nSPS) is 18.7. The molecule has 1 heterocycles. The van der Waals surface area contributed by atoms with Crippen LogP contribution in [0.5, 0.6) is 0 Å². The Morgan fingerprint density at radius 2 is 2.35 bits per heavy atom. The monoisotopic (exact) mass is 255 g/mol. The molecule has 1 unspecified atom stereocenters. The van der Waals surface area contributed by atoms with E-state index in [4.69, 9.17) is 5.11 Å². The number of carboxylic acid groups (broad SMARTS) is 1. The van der Waals surface area contributed by atoms with E-state index in [1.807, 2.05) is 6.92 Å². The van der Waals surface area contributed by atoms with Crippen molar-refractivity contribution in [1.82, 2.24) is 9.36 Å². The topological polar surface area (TPSA) is 75.1 Å². The number of hydrogen-bond acceptors (Lipinski definition) is 5. The van der Waals surface area contributed by atoms with E-state index in [0.717, 1.165) is 11.0 Å². The van der Waals surface area contributed by atoms with Crippen LogP contribution in [0.3, 0.4) is 0 Å². The molecule has 1 saturated carbocycles. The third-order valence-electron chi connectivity index (χ3n) is 3.31. The molecule has 94 valence electrons. The summed E-state index contributed by atoms with van der Waals surface area (Å²) in [5.41, 5.74) is -0.745. The Morgan fingerprint density at radius 3 is 2.88 bits per heavy atom. The highest BCUT2D eigenvalue weighted by Crippen LogP contribution is 2.39. The van der Waals surface area contributed by atoms with Gasteiger partial charge >= 0.3 is 5.97 Å². The summed E-state index contributed by atoms with van der Waals surface area (Å²) < 4.78 is 4.27. The summed E-state index contributed by atoms with van der Waals surface area (Å²) in [5, 5.41) is 13.0. The summed E-state index contributed by atoms with van der Waals surface area (Å²) in [7, 11) is 0. The molecule has 0 radical (unpaired) electrons. The molecule has 2 rings (SSSR count). The molecule has 5 nitrogen and oxygen atoms in total. The second-order valence-electron chi connectivity index (χ2n) is 4.80. The van der Waals surface area contributed by atoms with Gasteiger partial charge < -0.3 is 10.4 Å². The number of carbonyl (C=O) groups is 1. The Balaban J connectivity index is 1.93. The lowest BCUT2D eigenvalue weighted by atomic mass is 9.88. The Kier molecular flexibility index (Phi) is 3.33. The van der Waals surface area contributed by atoms with Crippen LogP contribution in [-0.4, -0.2) is 27.0 Å². The lowest BCUT2D eigenvalue weighted by Gasteiger charge is -2.22. The molecule has 1 aliphatic rings. The molecule has 1 atom stereocenters. The van der Waals surface area contributed by atoms with Gasteiger partial charge in [-0.1, -0.05) is 6.92 Å². The van der Waals surface area contributed by atoms with Crippen LogP contribution in [0, 0.1) is 5.41 Å². The van der Waals surface area contributed by atoms with Crippen molar-refractivity contribution in [3.05, 3.63) is 5.82 Å². The van der Waals surface area contributed by atoms with Crippen LogP contribution in [0.25, 0.3) is 0 Å². The molecule has 0 bridgehead atoms. The zero-order valence-corrected chi connectivity index (χ0v) is 10.9. The Hall–Kier alpha value is -1.17. The Labute approximate surface area is 104 Å². The zero-order valence-electron chi connectivity index (χ0n) is 10.1. The number of hydrogen-bond donors (Lipinski definition) is 2. The van der Waals surface area contributed by atoms with Gasteiger partial charge in [-0.15, -0.1) is 0 Å². The zero-order chi connectivity index (χ0) is 12.5. The fourth-order valence-electron chi connectivity index (χ4n) is 1.44. The van der Waals surface area contributed by atoms with Crippen molar-refractivity contribution in [2.75, 3.05) is 11.9 Å². The SMILES string of the molecule is CCC(C)(CNc1nc(C2CC2)ns1)C(=O)O. The molecule has 2 N–H and O–H groups in total. The highest BCUT2D eigenvalue weighted by atomic mass is 32.1. The molecule has 1 aliphatic carbocycles. The summed E-state index contributed by atoms with van der Waals surface area (Å²) >= 11 is 1.32. The summed E-state index contributed by atoms with van der Waals surface area (Å²) in [6.45, 7) is 4.01. The first-order valence-corrected chi connectivity index (χ1v) is 6.63. The average molecular weight is 255 g/mol. The third-order valence-corrected chi connectivity index (χ3v) is 4.00. The second-order valence-corrected chi connectivity index (χ2v) is 5.56. The van der Waals surface area contributed by atoms with Gasteiger partial charge in [-0.3, -0.25) is 4.79 Å². The number of carboxylic acids is 1. The predicted molar refractivity (Wildman–Crippen MR) is 66.4 cm³/mol. The van der Waals surface area contributed by atoms with Crippen LogP contribution < -0.4 is 5.32 Å². The van der Waals surface area contributed by atoms with E-state index >= 15 is 0 Å². The van der Waals surface area contributed by atoms with Gasteiger partial charge in [0.2, 0.25) is 5.13 Å². The lowest BCUT2D eigenvalue weighted by molar-refractivity contribution is -0.147. The predicted octanol–water partition coefficient (Wildman–Crippen LogP) is 2.33. The second kappa shape index (κ2) is 4.60. The van der Waals surface area contributed by atoms with E-state index < -0.39 is 11.4 Å². The Morgan fingerprint density at radius 1 is 1.65 bits per heavy atom. The minimum atomic E-state index is -0.778. The van der Waals surface area contributed by atoms with Crippen molar-refractivity contribution in [3.8, 4) is 0 Å². The van der Waals surface area contributed by atoms with E-state index in [-0.39, 0.29) is 0 Å². The first kappa shape index (κ1) is 12.3. The van der Waals surface area contributed by atoms with Crippen molar-refractivity contribution in [1.29, 1.82) is 0 Å². The van der Waals surface area contributed by atoms with E-state index in [1.165, 1.54) is 24.4 Å². The minimum Gasteiger partial charge on any atom is -0.481 e. The van der Waals surface area contributed by atoms with Gasteiger partial charge in [0.05, 0.1) is 5.41 Å². The van der Waals surface area contributed by atoms with Crippen LogP contribution in [0.1, 0.15) is 44.9 Å². The quantitative estimate of drug-likeness (QED) is 0.816. The fourth-order valence-corrected chi connectivity index (χ4v) is 2.08. The summed E-state index contributed by atoms with van der Waals surface area (Å²) in [4.78, 5) is 15.5. The number of anilines is 1. The molecule has 1 aromatic rings. The standard InChI is InChI=1S/C11H17N3O2S/c1-3-11(2,9(15)16)6-12-10-13-8(14-17-10)7-4-5-7/h7H,3-6H2,1-2H3,(H,15,16)(H,12,13,14). The number of aromatic nitrogens is 2. The van der Waals surface area contributed by atoms with Gasteiger partial charge in [0, 0.05) is 24.0 Å². The first-order valence-electron chi connectivity index (χ1n) is 5.86. The maximum atomic E-state index is 11.1. The average Bonchev–Trinajstić information content (AvgIpc) is 3.05. The minimum absolute atomic E-state index is 0.387. The van der Waals surface area contributed by atoms with Gasteiger partial charge in [-0.25, -0.2) is 4.98 Å². The number of aliphatic carboxylic acids is 1. The van der Waals surface area contributed by atoms with Gasteiger partial charge in [0.15, 0.2) is 0 Å². The maximum Gasteiger partial charge on any atom is 0.311 e. The number of nitrogens with one attached hydrogen (secondary N) is 1. The molecule has 0 amide bonds. The van der Waals surface area contributed by atoms with Crippen LogP contribution in [-0.2, 0) is 4.79 Å². The molecular weight excluding hydrogens is 238 g/mol. The molecular formula is C11H17N3O2S. The van der Waals surface area contributed by atoms with Crippen LogP contribution >= 0.6 is 11.5 Å². The molecule has 0 aliphatic heterocycles. The van der Waals surface area contributed by atoms with E-state index in [0.29, 0.717) is 18.9 Å². The molecule has 6 heteroatoms. The van der Waals surface area contributed by atoms with Crippen molar-refractivity contribution in [2.24, 2.45) is 5.41 Å². The Bertz CT molecular complexity index is 417. The maximum absolute atomic E-state index is 11.1. The molecule has 0 saturated heterocycles. The van der Waals surface area contributed by atoms with Gasteiger partial charge in [-0.2, -0.15) is 4.37 Å².